The minimum Gasteiger partial charge on any atom is -0.459 e. The van der Waals surface area contributed by atoms with Crippen molar-refractivity contribution in [1.29, 1.82) is 0 Å². The van der Waals surface area contributed by atoms with Crippen LogP contribution in [0.4, 0.5) is 0 Å². The first-order valence-corrected chi connectivity index (χ1v) is 9.45. The largest absolute Gasteiger partial charge is 0.459 e. The Bertz CT molecular complexity index is 747. The monoisotopic (exact) mass is 369 g/mol. The highest BCUT2D eigenvalue weighted by atomic mass is 16.3. The predicted octanol–water partition coefficient (Wildman–Crippen LogP) is 1.95. The van der Waals surface area contributed by atoms with Crippen molar-refractivity contribution in [3.05, 3.63) is 53.7 Å². The minimum absolute atomic E-state index is 0.0477. The molecule has 7 heteroatoms. The molecule has 1 N–H and O–H groups in total. The normalized spacial score (nSPS) is 15.1. The predicted molar refractivity (Wildman–Crippen MR) is 105 cm³/mol. The van der Waals surface area contributed by atoms with E-state index < -0.39 is 0 Å². The molecular formula is C20H27N5O2. The van der Waals surface area contributed by atoms with Crippen molar-refractivity contribution in [1.82, 2.24) is 20.1 Å². The molecule has 3 heterocycles. The third-order valence-corrected chi connectivity index (χ3v) is 4.57. The van der Waals surface area contributed by atoms with Crippen molar-refractivity contribution in [2.45, 2.75) is 20.3 Å². The first kappa shape index (κ1) is 18.9. The van der Waals surface area contributed by atoms with Crippen molar-refractivity contribution >= 4 is 11.9 Å². The number of nitrogens with one attached hydrogen (secondary N) is 1. The molecular weight excluding hydrogens is 342 g/mol. The Hall–Kier alpha value is -2.83. The summed E-state index contributed by atoms with van der Waals surface area (Å²) in [6, 6.07) is 7.58. The number of pyridine rings is 1. The number of hydrogen-bond acceptors (Lipinski definition) is 4. The van der Waals surface area contributed by atoms with Crippen LogP contribution in [0.5, 0.6) is 0 Å². The average Bonchev–Trinajstić information content (AvgIpc) is 3.23. The van der Waals surface area contributed by atoms with Crippen LogP contribution >= 0.6 is 0 Å². The number of furan rings is 1. The Balaban J connectivity index is 1.54. The van der Waals surface area contributed by atoms with Crippen LogP contribution in [0.3, 0.4) is 0 Å². The number of carbonyl (C=O) groups is 1. The Labute approximate surface area is 160 Å². The molecule has 1 aliphatic heterocycles. The van der Waals surface area contributed by atoms with E-state index in [1.807, 2.05) is 24.1 Å². The molecule has 1 saturated heterocycles. The van der Waals surface area contributed by atoms with Crippen molar-refractivity contribution in [3.63, 3.8) is 0 Å². The van der Waals surface area contributed by atoms with Gasteiger partial charge >= 0.3 is 0 Å². The van der Waals surface area contributed by atoms with Crippen LogP contribution in [-0.2, 0) is 6.42 Å². The zero-order valence-corrected chi connectivity index (χ0v) is 16.0. The lowest BCUT2D eigenvalue weighted by molar-refractivity contribution is 0.0657. The molecule has 0 bridgehead atoms. The van der Waals surface area contributed by atoms with Crippen LogP contribution in [0.25, 0.3) is 0 Å². The molecule has 0 aliphatic carbocycles. The number of guanidine groups is 1. The van der Waals surface area contributed by atoms with Gasteiger partial charge in [-0.2, -0.15) is 0 Å². The van der Waals surface area contributed by atoms with Crippen LogP contribution in [0, 0.1) is 6.92 Å². The molecule has 0 atom stereocenters. The summed E-state index contributed by atoms with van der Waals surface area (Å²) in [6.07, 6.45) is 4.30. The number of aromatic nitrogens is 1. The Morgan fingerprint density at radius 1 is 1.22 bits per heavy atom. The van der Waals surface area contributed by atoms with E-state index in [-0.39, 0.29) is 5.91 Å². The third kappa shape index (κ3) is 5.09. The van der Waals surface area contributed by atoms with Crippen molar-refractivity contribution in [2.75, 3.05) is 39.3 Å². The molecule has 0 spiro atoms. The second-order valence-electron chi connectivity index (χ2n) is 6.55. The molecule has 0 aromatic carbocycles. The van der Waals surface area contributed by atoms with Gasteiger partial charge in [0.1, 0.15) is 0 Å². The number of piperazine rings is 1. The van der Waals surface area contributed by atoms with Gasteiger partial charge in [0.15, 0.2) is 11.7 Å². The number of rotatable bonds is 5. The summed E-state index contributed by atoms with van der Waals surface area (Å²) >= 11 is 0. The van der Waals surface area contributed by atoms with Gasteiger partial charge < -0.3 is 19.5 Å². The van der Waals surface area contributed by atoms with Crippen LogP contribution < -0.4 is 5.32 Å². The summed E-state index contributed by atoms with van der Waals surface area (Å²) in [5.41, 5.74) is 2.21. The Morgan fingerprint density at radius 2 is 2.00 bits per heavy atom. The second kappa shape index (κ2) is 9.21. The molecule has 144 valence electrons. The molecule has 1 aliphatic rings. The maximum absolute atomic E-state index is 12.4. The lowest BCUT2D eigenvalue weighted by Gasteiger charge is -2.36. The lowest BCUT2D eigenvalue weighted by Crippen LogP contribution is -2.53. The number of carbonyl (C=O) groups excluding carboxylic acids is 1. The van der Waals surface area contributed by atoms with E-state index >= 15 is 0 Å². The molecule has 0 saturated carbocycles. The maximum Gasteiger partial charge on any atom is 0.289 e. The fraction of sp³-hybridized carbons (Fsp3) is 0.450. The lowest BCUT2D eigenvalue weighted by atomic mass is 10.2. The summed E-state index contributed by atoms with van der Waals surface area (Å²) in [4.78, 5) is 25.5. The summed E-state index contributed by atoms with van der Waals surface area (Å²) in [5.74, 6) is 1.26. The SMILES string of the molecule is CCNC(=NCCc1ccc(C)nc1)N1CCN(C(=O)c2ccco2)CC1. The zero-order valence-electron chi connectivity index (χ0n) is 16.0. The molecule has 0 unspecified atom stereocenters. The van der Waals surface area contributed by atoms with Gasteiger partial charge in [-0.3, -0.25) is 14.8 Å². The van der Waals surface area contributed by atoms with Gasteiger partial charge in [-0.1, -0.05) is 6.07 Å². The number of nitrogens with zero attached hydrogens (tertiary/aromatic N) is 4. The van der Waals surface area contributed by atoms with Crippen molar-refractivity contribution in [3.8, 4) is 0 Å². The van der Waals surface area contributed by atoms with Crippen molar-refractivity contribution < 1.29 is 9.21 Å². The van der Waals surface area contributed by atoms with E-state index in [1.54, 1.807) is 12.1 Å². The fourth-order valence-corrected chi connectivity index (χ4v) is 3.04. The standard InChI is InChI=1S/C20H27N5O2/c1-3-21-20(22-9-8-17-7-6-16(2)23-15-17)25-12-10-24(11-13-25)19(26)18-5-4-14-27-18/h4-7,14-15H,3,8-13H2,1-2H3,(H,21,22). The van der Waals surface area contributed by atoms with Crippen LogP contribution in [0.15, 0.2) is 46.1 Å². The molecule has 27 heavy (non-hydrogen) atoms. The number of hydrogen-bond donors (Lipinski definition) is 1. The van der Waals surface area contributed by atoms with Gasteiger partial charge in [-0.15, -0.1) is 0 Å². The van der Waals surface area contributed by atoms with Crippen LogP contribution in [0.2, 0.25) is 0 Å². The van der Waals surface area contributed by atoms with Gasteiger partial charge in [0.2, 0.25) is 0 Å². The molecule has 3 rings (SSSR count). The summed E-state index contributed by atoms with van der Waals surface area (Å²) in [5, 5.41) is 3.36. The molecule has 2 aromatic rings. The summed E-state index contributed by atoms with van der Waals surface area (Å²) in [6.45, 7) is 8.40. The average molecular weight is 369 g/mol. The molecule has 7 nitrogen and oxygen atoms in total. The maximum atomic E-state index is 12.4. The van der Waals surface area contributed by atoms with Crippen molar-refractivity contribution in [2.24, 2.45) is 4.99 Å². The topological polar surface area (TPSA) is 74.0 Å². The second-order valence-corrected chi connectivity index (χ2v) is 6.55. The molecule has 1 fully saturated rings. The van der Waals surface area contributed by atoms with E-state index in [9.17, 15) is 4.79 Å². The number of aliphatic imine (C=N–C) groups is 1. The number of aryl methyl sites for hydroxylation is 1. The van der Waals surface area contributed by atoms with Gasteiger partial charge in [0, 0.05) is 51.2 Å². The highest BCUT2D eigenvalue weighted by molar-refractivity contribution is 5.91. The zero-order chi connectivity index (χ0) is 19.1. The van der Waals surface area contributed by atoms with Crippen LogP contribution in [0.1, 0.15) is 28.7 Å². The quantitative estimate of drug-likeness (QED) is 0.644. The molecule has 1 amide bonds. The summed E-state index contributed by atoms with van der Waals surface area (Å²) < 4.78 is 5.22. The smallest absolute Gasteiger partial charge is 0.289 e. The highest BCUT2D eigenvalue weighted by Crippen LogP contribution is 2.10. The third-order valence-electron chi connectivity index (χ3n) is 4.57. The highest BCUT2D eigenvalue weighted by Gasteiger charge is 2.25. The van der Waals surface area contributed by atoms with E-state index in [1.165, 1.54) is 11.8 Å². The van der Waals surface area contributed by atoms with E-state index in [2.05, 4.69) is 28.2 Å². The van der Waals surface area contributed by atoms with Gasteiger partial charge in [-0.25, -0.2) is 0 Å². The van der Waals surface area contributed by atoms with E-state index in [0.717, 1.165) is 37.7 Å². The Morgan fingerprint density at radius 3 is 2.63 bits per heavy atom. The van der Waals surface area contributed by atoms with E-state index in [4.69, 9.17) is 9.41 Å². The number of amides is 1. The van der Waals surface area contributed by atoms with Gasteiger partial charge in [-0.05, 0) is 44.0 Å². The van der Waals surface area contributed by atoms with Crippen LogP contribution in [-0.4, -0.2) is 65.9 Å². The first-order valence-electron chi connectivity index (χ1n) is 9.45. The van der Waals surface area contributed by atoms with Gasteiger partial charge in [0.05, 0.1) is 6.26 Å². The van der Waals surface area contributed by atoms with Gasteiger partial charge in [0.25, 0.3) is 5.91 Å². The fourth-order valence-electron chi connectivity index (χ4n) is 3.04. The molecule has 0 radical (unpaired) electrons. The molecule has 2 aromatic heterocycles. The summed E-state index contributed by atoms with van der Waals surface area (Å²) in [7, 11) is 0. The minimum atomic E-state index is -0.0477. The van der Waals surface area contributed by atoms with E-state index in [0.29, 0.717) is 25.4 Å². The first-order chi connectivity index (χ1) is 13.2. The Kier molecular flexibility index (Phi) is 6.46.